The predicted octanol–water partition coefficient (Wildman–Crippen LogP) is 3.72. The molecule has 0 aliphatic rings. The summed E-state index contributed by atoms with van der Waals surface area (Å²) in [5.74, 6) is -0.229. The molecule has 0 bridgehead atoms. The maximum absolute atomic E-state index is 11.5. The molecule has 0 radical (unpaired) electrons. The zero-order valence-electron chi connectivity index (χ0n) is 12.6. The molecule has 0 saturated carbocycles. The number of aromatic nitrogens is 1. The number of ether oxygens (including phenoxy) is 1. The van der Waals surface area contributed by atoms with Crippen LogP contribution in [0.3, 0.4) is 0 Å². The molecule has 0 N–H and O–H groups in total. The lowest BCUT2D eigenvalue weighted by molar-refractivity contribution is -0.142. The third-order valence-corrected chi connectivity index (χ3v) is 3.94. The van der Waals surface area contributed by atoms with Crippen LogP contribution in [-0.4, -0.2) is 24.1 Å². The number of esters is 1. The van der Waals surface area contributed by atoms with Gasteiger partial charge in [0.2, 0.25) is 0 Å². The molecule has 1 aromatic heterocycles. The van der Waals surface area contributed by atoms with Gasteiger partial charge < -0.3 is 9.64 Å². The molecule has 2 rings (SSSR count). The summed E-state index contributed by atoms with van der Waals surface area (Å²) in [7, 11) is 0. The molecule has 0 aliphatic carbocycles. The average Bonchev–Trinajstić information content (AvgIpc) is 2.88. The van der Waals surface area contributed by atoms with Crippen LogP contribution < -0.4 is 4.90 Å². The van der Waals surface area contributed by atoms with E-state index in [9.17, 15) is 4.79 Å². The number of carbonyl (C=O) groups is 1. The van der Waals surface area contributed by atoms with Gasteiger partial charge in [-0.3, -0.25) is 4.79 Å². The van der Waals surface area contributed by atoms with E-state index >= 15 is 0 Å². The van der Waals surface area contributed by atoms with E-state index in [4.69, 9.17) is 4.74 Å². The Kier molecular flexibility index (Phi) is 5.33. The highest BCUT2D eigenvalue weighted by molar-refractivity contribution is 7.13. The van der Waals surface area contributed by atoms with Gasteiger partial charge in [0.05, 0.1) is 18.7 Å². The largest absolute Gasteiger partial charge is 0.466 e. The van der Waals surface area contributed by atoms with Crippen LogP contribution in [0, 0.1) is 6.92 Å². The Balaban J connectivity index is 2.16. The van der Waals surface area contributed by atoms with Crippen molar-refractivity contribution in [3.05, 3.63) is 40.9 Å². The maximum atomic E-state index is 11.5. The van der Waals surface area contributed by atoms with E-state index in [1.54, 1.807) is 18.3 Å². The predicted molar refractivity (Wildman–Crippen MR) is 86.3 cm³/mol. The van der Waals surface area contributed by atoms with Gasteiger partial charge in [-0.25, -0.2) is 4.98 Å². The third-order valence-electron chi connectivity index (χ3n) is 3.03. The van der Waals surface area contributed by atoms with Crippen molar-refractivity contribution in [1.29, 1.82) is 0 Å². The van der Waals surface area contributed by atoms with Crippen LogP contribution in [0.1, 0.15) is 25.1 Å². The summed E-state index contributed by atoms with van der Waals surface area (Å²) in [5.41, 5.74) is 3.10. The standard InChI is InChI=1S/C16H20N2O2S/c1-4-18(14-8-6-7-12(3)9-14)16-17-13(11-21-16)10-15(19)20-5-2/h6-9,11H,4-5,10H2,1-3H3. The Labute approximate surface area is 129 Å². The molecule has 0 atom stereocenters. The highest BCUT2D eigenvalue weighted by Gasteiger charge is 2.14. The quantitative estimate of drug-likeness (QED) is 0.763. The lowest BCUT2D eigenvalue weighted by Gasteiger charge is -2.20. The molecule has 4 nitrogen and oxygen atoms in total. The smallest absolute Gasteiger partial charge is 0.311 e. The fraction of sp³-hybridized carbons (Fsp3) is 0.375. The van der Waals surface area contributed by atoms with Gasteiger partial charge in [-0.15, -0.1) is 11.3 Å². The first-order valence-electron chi connectivity index (χ1n) is 7.08. The summed E-state index contributed by atoms with van der Waals surface area (Å²) < 4.78 is 4.95. The summed E-state index contributed by atoms with van der Waals surface area (Å²) in [5, 5.41) is 2.83. The Hall–Kier alpha value is -1.88. The molecule has 1 aromatic carbocycles. The van der Waals surface area contributed by atoms with Crippen molar-refractivity contribution >= 4 is 28.1 Å². The van der Waals surface area contributed by atoms with Crippen molar-refractivity contribution in [2.24, 2.45) is 0 Å². The van der Waals surface area contributed by atoms with Crippen molar-refractivity contribution in [2.75, 3.05) is 18.1 Å². The summed E-state index contributed by atoms with van der Waals surface area (Å²) in [6.45, 7) is 7.21. The molecule has 21 heavy (non-hydrogen) atoms. The van der Waals surface area contributed by atoms with Crippen LogP contribution in [0.15, 0.2) is 29.6 Å². The number of thiazole rings is 1. The van der Waals surface area contributed by atoms with Crippen LogP contribution in [-0.2, 0) is 16.0 Å². The van der Waals surface area contributed by atoms with E-state index in [-0.39, 0.29) is 12.4 Å². The second-order valence-corrected chi connectivity index (χ2v) is 5.52. The lowest BCUT2D eigenvalue weighted by atomic mass is 10.2. The number of hydrogen-bond acceptors (Lipinski definition) is 5. The highest BCUT2D eigenvalue weighted by Crippen LogP contribution is 2.29. The topological polar surface area (TPSA) is 42.4 Å². The van der Waals surface area contributed by atoms with Crippen molar-refractivity contribution < 1.29 is 9.53 Å². The minimum atomic E-state index is -0.229. The number of nitrogens with zero attached hydrogens (tertiary/aromatic N) is 2. The van der Waals surface area contributed by atoms with Crippen molar-refractivity contribution in [3.8, 4) is 0 Å². The van der Waals surface area contributed by atoms with Gasteiger partial charge in [0.25, 0.3) is 0 Å². The van der Waals surface area contributed by atoms with Crippen molar-refractivity contribution in [3.63, 3.8) is 0 Å². The fourth-order valence-electron chi connectivity index (χ4n) is 2.09. The molecule has 0 unspecified atom stereocenters. The number of carbonyl (C=O) groups excluding carboxylic acids is 1. The molecule has 0 aliphatic heterocycles. The fourth-order valence-corrected chi connectivity index (χ4v) is 2.99. The Bertz CT molecular complexity index is 610. The van der Waals surface area contributed by atoms with Crippen LogP contribution in [0.25, 0.3) is 0 Å². The van der Waals surface area contributed by atoms with Crippen LogP contribution in [0.2, 0.25) is 0 Å². The Morgan fingerprint density at radius 2 is 2.19 bits per heavy atom. The van der Waals surface area contributed by atoms with Gasteiger partial charge >= 0.3 is 5.97 Å². The minimum absolute atomic E-state index is 0.229. The number of anilines is 2. The molecule has 5 heteroatoms. The number of benzene rings is 1. The Morgan fingerprint density at radius 1 is 1.38 bits per heavy atom. The van der Waals surface area contributed by atoms with Gasteiger partial charge in [0.1, 0.15) is 0 Å². The molecule has 1 heterocycles. The van der Waals surface area contributed by atoms with E-state index in [0.29, 0.717) is 6.61 Å². The number of aryl methyl sites for hydroxylation is 1. The van der Waals surface area contributed by atoms with E-state index in [0.717, 1.165) is 23.1 Å². The SMILES string of the molecule is CCOC(=O)Cc1csc(N(CC)c2cccc(C)c2)n1. The molecular formula is C16H20N2O2S. The molecular weight excluding hydrogens is 284 g/mol. The second kappa shape index (κ2) is 7.22. The minimum Gasteiger partial charge on any atom is -0.466 e. The first-order chi connectivity index (χ1) is 10.1. The van der Waals surface area contributed by atoms with E-state index in [2.05, 4.69) is 41.9 Å². The molecule has 112 valence electrons. The van der Waals surface area contributed by atoms with Gasteiger partial charge in [-0.05, 0) is 38.5 Å². The second-order valence-electron chi connectivity index (χ2n) is 4.69. The first kappa shape index (κ1) is 15.5. The first-order valence-corrected chi connectivity index (χ1v) is 7.96. The highest BCUT2D eigenvalue weighted by atomic mass is 32.1. The molecule has 0 saturated heterocycles. The molecule has 2 aromatic rings. The van der Waals surface area contributed by atoms with Crippen LogP contribution in [0.5, 0.6) is 0 Å². The van der Waals surface area contributed by atoms with Crippen LogP contribution >= 0.6 is 11.3 Å². The third kappa shape index (κ3) is 4.04. The zero-order chi connectivity index (χ0) is 15.2. The van der Waals surface area contributed by atoms with E-state index < -0.39 is 0 Å². The van der Waals surface area contributed by atoms with Crippen molar-refractivity contribution in [1.82, 2.24) is 4.98 Å². The normalized spacial score (nSPS) is 10.4. The zero-order valence-corrected chi connectivity index (χ0v) is 13.4. The monoisotopic (exact) mass is 304 g/mol. The van der Waals surface area contributed by atoms with Gasteiger partial charge in [0, 0.05) is 17.6 Å². The van der Waals surface area contributed by atoms with E-state index in [1.165, 1.54) is 5.56 Å². The van der Waals surface area contributed by atoms with Crippen LogP contribution in [0.4, 0.5) is 10.8 Å². The Morgan fingerprint density at radius 3 is 2.86 bits per heavy atom. The maximum Gasteiger partial charge on any atom is 0.311 e. The van der Waals surface area contributed by atoms with Gasteiger partial charge in [-0.2, -0.15) is 0 Å². The molecule has 0 amide bonds. The molecule has 0 spiro atoms. The summed E-state index contributed by atoms with van der Waals surface area (Å²) in [6.07, 6.45) is 0.232. The van der Waals surface area contributed by atoms with Crippen molar-refractivity contribution in [2.45, 2.75) is 27.2 Å². The average molecular weight is 304 g/mol. The van der Waals surface area contributed by atoms with Gasteiger partial charge in [0.15, 0.2) is 5.13 Å². The number of hydrogen-bond donors (Lipinski definition) is 0. The van der Waals surface area contributed by atoms with Gasteiger partial charge in [-0.1, -0.05) is 12.1 Å². The number of rotatable bonds is 6. The lowest BCUT2D eigenvalue weighted by Crippen LogP contribution is -2.16. The summed E-state index contributed by atoms with van der Waals surface area (Å²) in [4.78, 5) is 18.2. The molecule has 0 fully saturated rings. The summed E-state index contributed by atoms with van der Waals surface area (Å²) >= 11 is 1.55. The van der Waals surface area contributed by atoms with E-state index in [1.807, 2.05) is 11.4 Å². The summed E-state index contributed by atoms with van der Waals surface area (Å²) in [6, 6.07) is 8.32.